The molecule has 0 unspecified atom stereocenters. The highest BCUT2D eigenvalue weighted by atomic mass is 35.5. The van der Waals surface area contributed by atoms with Crippen LogP contribution in [0.2, 0.25) is 0 Å². The summed E-state index contributed by atoms with van der Waals surface area (Å²) in [7, 11) is 0. The zero-order chi connectivity index (χ0) is 14.0. The third-order valence-electron chi connectivity index (χ3n) is 4.34. The third kappa shape index (κ3) is 10.7. The molecule has 0 bridgehead atoms. The first-order valence-corrected chi connectivity index (χ1v) is 8.54. The predicted octanol–water partition coefficient (Wildman–Crippen LogP) is 2.60. The van der Waals surface area contributed by atoms with Gasteiger partial charge in [-0.3, -0.25) is 4.79 Å². The number of nitrogens with zero attached hydrogens (tertiary/aromatic N) is 1. The molecule has 4 nitrogen and oxygen atoms in total. The summed E-state index contributed by atoms with van der Waals surface area (Å²) in [4.78, 5) is 14.1. The van der Waals surface area contributed by atoms with E-state index in [0.29, 0.717) is 6.54 Å². The molecule has 0 radical (unpaired) electrons. The Hall–Kier alpha value is -0.0300. The Balaban J connectivity index is 0.00000220. The number of piperidine rings is 1. The Kier molecular flexibility index (Phi) is 13.4. The molecule has 1 amide bonds. The second-order valence-corrected chi connectivity index (χ2v) is 6.39. The van der Waals surface area contributed by atoms with Crippen LogP contribution in [0.5, 0.6) is 0 Å². The number of nitrogens with one attached hydrogen (secondary N) is 2. The fourth-order valence-corrected chi connectivity index (χ4v) is 2.82. The summed E-state index contributed by atoms with van der Waals surface area (Å²) in [6, 6.07) is 0. The number of carbonyl (C=O) groups is 1. The van der Waals surface area contributed by atoms with Crippen LogP contribution in [0.15, 0.2) is 0 Å². The van der Waals surface area contributed by atoms with Crippen LogP contribution < -0.4 is 10.6 Å². The van der Waals surface area contributed by atoms with Crippen molar-refractivity contribution in [3.05, 3.63) is 0 Å². The third-order valence-corrected chi connectivity index (χ3v) is 4.34. The molecule has 0 aromatic heterocycles. The molecule has 0 spiro atoms. The van der Waals surface area contributed by atoms with Crippen LogP contribution in [0.25, 0.3) is 0 Å². The molecule has 1 heterocycles. The normalized spacial score (nSPS) is 18.2. The van der Waals surface area contributed by atoms with Crippen LogP contribution in [0.4, 0.5) is 0 Å². The van der Waals surface area contributed by atoms with Gasteiger partial charge in [-0.1, -0.05) is 12.8 Å². The molecule has 2 rings (SSSR count). The van der Waals surface area contributed by atoms with Gasteiger partial charge in [0, 0.05) is 6.54 Å². The molecular formula is C16H33Cl2N3O. The summed E-state index contributed by atoms with van der Waals surface area (Å²) in [5.74, 6) is 0.999. The van der Waals surface area contributed by atoms with Crippen LogP contribution in [0.1, 0.15) is 51.4 Å². The lowest BCUT2D eigenvalue weighted by Gasteiger charge is -2.26. The second kappa shape index (κ2) is 13.4. The van der Waals surface area contributed by atoms with Gasteiger partial charge in [-0.05, 0) is 70.6 Å². The van der Waals surface area contributed by atoms with Gasteiger partial charge >= 0.3 is 0 Å². The highest BCUT2D eigenvalue weighted by Crippen LogP contribution is 2.27. The van der Waals surface area contributed by atoms with Gasteiger partial charge in [0.15, 0.2) is 0 Å². The predicted molar refractivity (Wildman–Crippen MR) is 97.2 cm³/mol. The maximum absolute atomic E-state index is 11.5. The van der Waals surface area contributed by atoms with Crippen LogP contribution in [0, 0.1) is 5.92 Å². The zero-order valence-corrected chi connectivity index (χ0v) is 15.3. The molecule has 132 valence electrons. The van der Waals surface area contributed by atoms with E-state index >= 15 is 0 Å². The SMILES string of the molecule is Cl.Cl.O=C(CNCC1CC1)NCCCCCN1CCCCC1. The first-order chi connectivity index (χ1) is 9.84. The van der Waals surface area contributed by atoms with Crippen molar-refractivity contribution in [3.63, 3.8) is 0 Å². The molecule has 0 aromatic carbocycles. The van der Waals surface area contributed by atoms with Gasteiger partial charge < -0.3 is 15.5 Å². The van der Waals surface area contributed by atoms with E-state index in [4.69, 9.17) is 0 Å². The monoisotopic (exact) mass is 353 g/mol. The number of hydrogen-bond donors (Lipinski definition) is 2. The van der Waals surface area contributed by atoms with E-state index in [1.807, 2.05) is 0 Å². The van der Waals surface area contributed by atoms with Crippen molar-refractivity contribution in [1.29, 1.82) is 0 Å². The average molecular weight is 354 g/mol. The maximum Gasteiger partial charge on any atom is 0.233 e. The fourth-order valence-electron chi connectivity index (χ4n) is 2.82. The van der Waals surface area contributed by atoms with Crippen LogP contribution >= 0.6 is 24.8 Å². The standard InChI is InChI=1S/C16H31N3O.2ClH/c20-16(14-17-13-15-7-8-15)18-9-3-1-4-10-19-11-5-2-6-12-19;;/h15,17H,1-14H2,(H,18,20);2*1H. The lowest BCUT2D eigenvalue weighted by molar-refractivity contribution is -0.120. The fraction of sp³-hybridized carbons (Fsp3) is 0.938. The Morgan fingerprint density at radius 2 is 1.73 bits per heavy atom. The number of carbonyl (C=O) groups excluding carboxylic acids is 1. The van der Waals surface area contributed by atoms with E-state index in [0.717, 1.165) is 25.4 Å². The minimum atomic E-state index is 0. The topological polar surface area (TPSA) is 44.4 Å². The van der Waals surface area contributed by atoms with E-state index < -0.39 is 0 Å². The number of rotatable bonds is 10. The number of halogens is 2. The lowest BCUT2D eigenvalue weighted by Crippen LogP contribution is -2.35. The maximum atomic E-state index is 11.5. The molecule has 0 aromatic rings. The van der Waals surface area contributed by atoms with Crippen molar-refractivity contribution in [3.8, 4) is 0 Å². The number of likely N-dealkylation sites (tertiary alicyclic amines) is 1. The quantitative estimate of drug-likeness (QED) is 0.593. The molecule has 1 saturated heterocycles. The second-order valence-electron chi connectivity index (χ2n) is 6.39. The van der Waals surface area contributed by atoms with Crippen LogP contribution in [-0.2, 0) is 4.79 Å². The lowest BCUT2D eigenvalue weighted by atomic mass is 10.1. The van der Waals surface area contributed by atoms with Crippen molar-refractivity contribution in [2.24, 2.45) is 5.92 Å². The van der Waals surface area contributed by atoms with Crippen molar-refractivity contribution < 1.29 is 4.79 Å². The number of unbranched alkanes of at least 4 members (excludes halogenated alkanes) is 2. The summed E-state index contributed by atoms with van der Waals surface area (Å²) < 4.78 is 0. The van der Waals surface area contributed by atoms with Gasteiger partial charge in [-0.25, -0.2) is 0 Å². The molecule has 2 aliphatic rings. The molecule has 1 aliphatic heterocycles. The molecule has 6 heteroatoms. The van der Waals surface area contributed by atoms with E-state index in [1.54, 1.807) is 0 Å². The van der Waals surface area contributed by atoms with Gasteiger partial charge in [-0.2, -0.15) is 0 Å². The molecule has 1 aliphatic carbocycles. The molecular weight excluding hydrogens is 321 g/mol. The molecule has 1 saturated carbocycles. The molecule has 2 N–H and O–H groups in total. The summed E-state index contributed by atoms with van der Waals surface area (Å²) >= 11 is 0. The van der Waals surface area contributed by atoms with Gasteiger partial charge in [-0.15, -0.1) is 24.8 Å². The smallest absolute Gasteiger partial charge is 0.233 e. The highest BCUT2D eigenvalue weighted by Gasteiger charge is 2.20. The summed E-state index contributed by atoms with van der Waals surface area (Å²) in [6.45, 7) is 6.18. The molecule has 2 fully saturated rings. The first kappa shape index (κ1) is 22.0. The van der Waals surface area contributed by atoms with E-state index in [1.165, 1.54) is 64.6 Å². The summed E-state index contributed by atoms with van der Waals surface area (Å²) in [5, 5.41) is 6.22. The average Bonchev–Trinajstić information content (AvgIpc) is 3.28. The Labute approximate surface area is 148 Å². The van der Waals surface area contributed by atoms with Gasteiger partial charge in [0.1, 0.15) is 0 Å². The zero-order valence-electron chi connectivity index (χ0n) is 13.6. The highest BCUT2D eigenvalue weighted by molar-refractivity contribution is 5.85. The number of amides is 1. The first-order valence-electron chi connectivity index (χ1n) is 8.54. The molecule has 22 heavy (non-hydrogen) atoms. The number of hydrogen-bond acceptors (Lipinski definition) is 3. The van der Waals surface area contributed by atoms with Crippen LogP contribution in [-0.4, -0.2) is 50.1 Å². The van der Waals surface area contributed by atoms with Crippen molar-refractivity contribution in [2.45, 2.75) is 51.4 Å². The van der Waals surface area contributed by atoms with Crippen molar-refractivity contribution in [1.82, 2.24) is 15.5 Å². The summed E-state index contributed by atoms with van der Waals surface area (Å²) in [6.07, 6.45) is 10.5. The van der Waals surface area contributed by atoms with Gasteiger partial charge in [0.2, 0.25) is 5.91 Å². The molecule has 0 atom stereocenters. The van der Waals surface area contributed by atoms with Crippen molar-refractivity contribution >= 4 is 30.7 Å². The van der Waals surface area contributed by atoms with Gasteiger partial charge in [0.25, 0.3) is 0 Å². The summed E-state index contributed by atoms with van der Waals surface area (Å²) in [5.41, 5.74) is 0. The largest absolute Gasteiger partial charge is 0.355 e. The minimum Gasteiger partial charge on any atom is -0.355 e. The minimum absolute atomic E-state index is 0. The Bertz CT molecular complexity index is 283. The van der Waals surface area contributed by atoms with E-state index in [9.17, 15) is 4.79 Å². The van der Waals surface area contributed by atoms with Gasteiger partial charge in [0.05, 0.1) is 6.54 Å². The Morgan fingerprint density at radius 1 is 1.00 bits per heavy atom. The van der Waals surface area contributed by atoms with Crippen molar-refractivity contribution in [2.75, 3.05) is 39.3 Å². The van der Waals surface area contributed by atoms with Crippen LogP contribution in [0.3, 0.4) is 0 Å². The van der Waals surface area contributed by atoms with E-state index in [-0.39, 0.29) is 30.7 Å². The van der Waals surface area contributed by atoms with E-state index in [2.05, 4.69) is 15.5 Å². The Morgan fingerprint density at radius 3 is 2.41 bits per heavy atom.